The van der Waals surface area contributed by atoms with Crippen LogP contribution in [0.25, 0.3) is 0 Å². The second-order valence-electron chi connectivity index (χ2n) is 10.8. The average molecular weight is 444 g/mol. The Kier molecular flexibility index (Phi) is 8.02. The predicted molar refractivity (Wildman–Crippen MR) is 126 cm³/mol. The molecular weight excluding hydrogens is 402 g/mol. The van der Waals surface area contributed by atoms with Crippen LogP contribution >= 0.6 is 0 Å². The van der Waals surface area contributed by atoms with Crippen molar-refractivity contribution in [1.29, 1.82) is 0 Å². The van der Waals surface area contributed by atoms with Gasteiger partial charge in [0.1, 0.15) is 11.4 Å². The number of benzene rings is 1. The van der Waals surface area contributed by atoms with E-state index in [0.29, 0.717) is 25.9 Å². The topological polar surface area (TPSA) is 66.8 Å². The van der Waals surface area contributed by atoms with E-state index in [-0.39, 0.29) is 23.7 Å². The Morgan fingerprint density at radius 3 is 2.38 bits per heavy atom. The molecule has 1 N–H and O–H groups in total. The van der Waals surface area contributed by atoms with Gasteiger partial charge in [-0.15, -0.1) is 0 Å². The lowest BCUT2D eigenvalue weighted by Gasteiger charge is -2.34. The fourth-order valence-corrected chi connectivity index (χ4v) is 5.61. The Balaban J connectivity index is 1.73. The predicted octanol–water partition coefficient (Wildman–Crippen LogP) is 5.70. The number of ketones is 1. The molecule has 0 unspecified atom stereocenters. The molecule has 0 radical (unpaired) electrons. The van der Waals surface area contributed by atoms with Gasteiger partial charge in [0, 0.05) is 19.5 Å². The first-order chi connectivity index (χ1) is 15.2. The van der Waals surface area contributed by atoms with Crippen molar-refractivity contribution in [2.24, 2.45) is 17.8 Å². The Hall–Kier alpha value is -1.88. The molecule has 2 aliphatic rings. The van der Waals surface area contributed by atoms with Gasteiger partial charge in [-0.25, -0.2) is 4.79 Å². The van der Waals surface area contributed by atoms with Gasteiger partial charge in [0.2, 0.25) is 0 Å². The lowest BCUT2D eigenvalue weighted by atomic mass is 9.77. The lowest BCUT2D eigenvalue weighted by Crippen LogP contribution is -2.42. The van der Waals surface area contributed by atoms with Crippen LogP contribution in [-0.2, 0) is 15.1 Å². The molecule has 0 spiro atoms. The Morgan fingerprint density at radius 2 is 1.72 bits per heavy atom. The normalized spacial score (nSPS) is 27.4. The number of likely N-dealkylation sites (tertiary alicyclic amines) is 1. The fourth-order valence-electron chi connectivity index (χ4n) is 5.61. The maximum atomic E-state index is 13.5. The van der Waals surface area contributed by atoms with Crippen molar-refractivity contribution in [3.63, 3.8) is 0 Å². The number of unbranched alkanes of at least 4 members (excludes halogenated alkanes) is 5. The first-order valence-electron chi connectivity index (χ1n) is 12.4. The third-order valence-electron chi connectivity index (χ3n) is 7.06. The summed E-state index contributed by atoms with van der Waals surface area (Å²) < 4.78 is 5.57. The van der Waals surface area contributed by atoms with E-state index in [9.17, 15) is 14.7 Å². The van der Waals surface area contributed by atoms with E-state index in [1.807, 2.05) is 51.1 Å². The van der Waals surface area contributed by atoms with Gasteiger partial charge >= 0.3 is 6.09 Å². The van der Waals surface area contributed by atoms with Crippen LogP contribution in [0.4, 0.5) is 4.79 Å². The van der Waals surface area contributed by atoms with Gasteiger partial charge in [0.05, 0.1) is 11.5 Å². The highest BCUT2D eigenvalue weighted by molar-refractivity contribution is 5.83. The molecule has 1 amide bonds. The summed E-state index contributed by atoms with van der Waals surface area (Å²) in [5.74, 6) is -0.255. The summed E-state index contributed by atoms with van der Waals surface area (Å²) in [6, 6.07) is 9.63. The van der Waals surface area contributed by atoms with E-state index in [0.717, 1.165) is 24.8 Å². The molecule has 1 aliphatic carbocycles. The van der Waals surface area contributed by atoms with Crippen molar-refractivity contribution in [2.45, 2.75) is 90.3 Å². The summed E-state index contributed by atoms with van der Waals surface area (Å²) in [4.78, 5) is 27.9. The van der Waals surface area contributed by atoms with Crippen molar-refractivity contribution < 1.29 is 19.4 Å². The largest absolute Gasteiger partial charge is 0.444 e. The minimum atomic E-state index is -1.16. The quantitative estimate of drug-likeness (QED) is 0.497. The van der Waals surface area contributed by atoms with Gasteiger partial charge in [-0.1, -0.05) is 69.4 Å². The molecule has 178 valence electrons. The number of rotatable bonds is 9. The van der Waals surface area contributed by atoms with Gasteiger partial charge in [-0.05, 0) is 51.0 Å². The van der Waals surface area contributed by atoms with E-state index >= 15 is 0 Å². The van der Waals surface area contributed by atoms with Gasteiger partial charge < -0.3 is 14.7 Å². The summed E-state index contributed by atoms with van der Waals surface area (Å²) in [5, 5.41) is 11.8. The molecule has 1 saturated carbocycles. The van der Waals surface area contributed by atoms with Crippen LogP contribution in [0.1, 0.15) is 84.6 Å². The second-order valence-corrected chi connectivity index (χ2v) is 10.8. The fraction of sp³-hybridized carbons (Fsp3) is 0.704. The maximum Gasteiger partial charge on any atom is 0.410 e. The van der Waals surface area contributed by atoms with Crippen LogP contribution in [-0.4, -0.2) is 40.6 Å². The number of ether oxygens (including phenoxy) is 1. The number of carbonyl (C=O) groups is 2. The monoisotopic (exact) mass is 443 g/mol. The van der Waals surface area contributed by atoms with Gasteiger partial charge in [-0.2, -0.15) is 0 Å². The van der Waals surface area contributed by atoms with Crippen molar-refractivity contribution in [1.82, 2.24) is 4.90 Å². The molecule has 5 heteroatoms. The molecule has 3 rings (SSSR count). The summed E-state index contributed by atoms with van der Waals surface area (Å²) in [5.41, 5.74) is -0.887. The average Bonchev–Trinajstić information content (AvgIpc) is 3.25. The molecule has 2 fully saturated rings. The van der Waals surface area contributed by atoms with Crippen molar-refractivity contribution in [3.8, 4) is 0 Å². The zero-order chi connectivity index (χ0) is 23.4. The molecule has 1 saturated heterocycles. The number of hydrogen-bond acceptors (Lipinski definition) is 4. The third-order valence-corrected chi connectivity index (χ3v) is 7.06. The van der Waals surface area contributed by atoms with Gasteiger partial charge in [0.25, 0.3) is 0 Å². The highest BCUT2D eigenvalue weighted by atomic mass is 16.6. The van der Waals surface area contributed by atoms with Crippen molar-refractivity contribution >= 4 is 11.9 Å². The Morgan fingerprint density at radius 1 is 1.06 bits per heavy atom. The van der Waals surface area contributed by atoms with Crippen LogP contribution in [0.3, 0.4) is 0 Å². The van der Waals surface area contributed by atoms with Crippen LogP contribution in [0, 0.1) is 17.8 Å². The van der Waals surface area contributed by atoms with Gasteiger partial charge in [0.15, 0.2) is 0 Å². The first-order valence-corrected chi connectivity index (χ1v) is 12.4. The smallest absolute Gasteiger partial charge is 0.410 e. The summed E-state index contributed by atoms with van der Waals surface area (Å²) in [7, 11) is 0. The highest BCUT2D eigenvalue weighted by Crippen LogP contribution is 2.54. The van der Waals surface area contributed by atoms with Gasteiger partial charge in [-0.3, -0.25) is 4.79 Å². The molecule has 0 bridgehead atoms. The number of carbonyl (C=O) groups excluding carboxylic acids is 2. The Labute approximate surface area is 193 Å². The third kappa shape index (κ3) is 5.72. The number of fused-ring (bicyclic) bond motifs is 1. The van der Waals surface area contributed by atoms with Crippen molar-refractivity contribution in [3.05, 3.63) is 35.9 Å². The number of amides is 1. The van der Waals surface area contributed by atoms with Crippen LogP contribution in [0.2, 0.25) is 0 Å². The zero-order valence-electron chi connectivity index (χ0n) is 20.3. The number of aliphatic hydroxyl groups is 1. The molecule has 1 aromatic carbocycles. The van der Waals surface area contributed by atoms with E-state index in [2.05, 4.69) is 6.92 Å². The number of hydrogen-bond donors (Lipinski definition) is 1. The lowest BCUT2D eigenvalue weighted by molar-refractivity contribution is -0.133. The zero-order valence-corrected chi connectivity index (χ0v) is 20.3. The summed E-state index contributed by atoms with van der Waals surface area (Å²) in [6.07, 6.45) is 7.45. The number of nitrogens with zero attached hydrogens (tertiary/aromatic N) is 1. The molecule has 1 heterocycles. The van der Waals surface area contributed by atoms with E-state index in [1.54, 1.807) is 4.90 Å². The minimum absolute atomic E-state index is 0.0275. The molecular formula is C27H41NO4. The molecule has 0 aromatic heterocycles. The van der Waals surface area contributed by atoms with E-state index in [4.69, 9.17) is 4.74 Å². The standard InChI is InChI=1S/C27H41NO4/c1-5-6-7-8-9-13-16-23(29)24-22-19-28(25(30)32-26(2,3)4)18-20(22)17-27(24,31)21-14-11-10-12-15-21/h10-12,14-15,20,22,24,31H,5-9,13,16-19H2,1-4H3/t20-,22+,24+,27-/m1/s1. The highest BCUT2D eigenvalue weighted by Gasteiger charge is 2.59. The first kappa shape index (κ1) is 24.8. The summed E-state index contributed by atoms with van der Waals surface area (Å²) >= 11 is 0. The maximum absolute atomic E-state index is 13.5. The minimum Gasteiger partial charge on any atom is -0.444 e. The second kappa shape index (κ2) is 10.4. The van der Waals surface area contributed by atoms with Crippen LogP contribution < -0.4 is 0 Å². The van der Waals surface area contributed by atoms with Crippen LogP contribution in [0.5, 0.6) is 0 Å². The number of Topliss-reactive ketones (excluding diaryl/α,β-unsaturated/α-hetero) is 1. The Bertz CT molecular complexity index is 772. The van der Waals surface area contributed by atoms with E-state index in [1.165, 1.54) is 19.3 Å². The van der Waals surface area contributed by atoms with Crippen LogP contribution in [0.15, 0.2) is 30.3 Å². The molecule has 5 nitrogen and oxygen atoms in total. The molecule has 1 aromatic rings. The summed E-state index contributed by atoms with van der Waals surface area (Å²) in [6.45, 7) is 8.80. The molecule has 32 heavy (non-hydrogen) atoms. The molecule has 1 aliphatic heterocycles. The SMILES string of the molecule is CCCCCCCCC(=O)[C@@H]1[C@H]2CN(C(=O)OC(C)(C)C)C[C@H]2C[C@@]1(O)c1ccccc1. The van der Waals surface area contributed by atoms with Crippen molar-refractivity contribution in [2.75, 3.05) is 13.1 Å². The molecule has 4 atom stereocenters. The van der Waals surface area contributed by atoms with E-state index < -0.39 is 17.1 Å².